The number of Topliss-reactive ketones (excluding diaryl/α,β-unsaturated/α-hetero) is 1. The minimum Gasteiger partial charge on any atom is -0.507 e. The highest BCUT2D eigenvalue weighted by Crippen LogP contribution is 2.40. The molecule has 1 fully saturated rings. The number of nitro benzene ring substituents is 1. The summed E-state index contributed by atoms with van der Waals surface area (Å²) in [7, 11) is 0. The lowest BCUT2D eigenvalue weighted by atomic mass is 9.94. The first-order valence-electron chi connectivity index (χ1n) is 12.6. The van der Waals surface area contributed by atoms with Gasteiger partial charge >= 0.3 is 0 Å². The molecule has 37 heavy (non-hydrogen) atoms. The van der Waals surface area contributed by atoms with E-state index in [0.717, 1.165) is 18.7 Å². The maximum absolute atomic E-state index is 13.3. The lowest BCUT2D eigenvalue weighted by Crippen LogP contribution is -2.38. The van der Waals surface area contributed by atoms with E-state index in [1.165, 1.54) is 23.1 Å². The molecule has 198 valence electrons. The monoisotopic (exact) mass is 509 g/mol. The summed E-state index contributed by atoms with van der Waals surface area (Å²) in [5.41, 5.74) is 1.29. The minimum absolute atomic E-state index is 0.0831. The first kappa shape index (κ1) is 27.9. The molecule has 1 aliphatic rings. The fraction of sp³-hybridized carbons (Fsp3) is 0.429. The van der Waals surface area contributed by atoms with Crippen molar-refractivity contribution in [3.63, 3.8) is 0 Å². The molecule has 1 atom stereocenters. The predicted octanol–water partition coefficient (Wildman–Crippen LogP) is 4.70. The van der Waals surface area contributed by atoms with Crippen LogP contribution >= 0.6 is 0 Å². The van der Waals surface area contributed by atoms with Crippen LogP contribution in [0.3, 0.4) is 0 Å². The molecule has 0 spiro atoms. The average Bonchev–Trinajstić information content (AvgIpc) is 3.13. The quantitative estimate of drug-likeness (QED) is 0.154. The second-order valence-electron chi connectivity index (χ2n) is 9.56. The Kier molecular flexibility index (Phi) is 9.04. The van der Waals surface area contributed by atoms with Crippen LogP contribution in [0.4, 0.5) is 5.69 Å². The largest absolute Gasteiger partial charge is 0.507 e. The van der Waals surface area contributed by atoms with Gasteiger partial charge in [-0.25, -0.2) is 0 Å². The number of aliphatic hydroxyl groups excluding tert-OH is 1. The molecule has 1 heterocycles. The molecule has 0 saturated carbocycles. The van der Waals surface area contributed by atoms with Crippen molar-refractivity contribution < 1.29 is 24.4 Å². The molecule has 2 aromatic rings. The summed E-state index contributed by atoms with van der Waals surface area (Å²) in [5.74, 6) is -0.862. The van der Waals surface area contributed by atoms with E-state index < -0.39 is 22.7 Å². The Morgan fingerprint density at radius 1 is 1.16 bits per heavy atom. The minimum atomic E-state index is -0.951. The second-order valence-corrected chi connectivity index (χ2v) is 9.56. The summed E-state index contributed by atoms with van der Waals surface area (Å²) in [6.45, 7) is 12.8. The topological polar surface area (TPSA) is 113 Å². The van der Waals surface area contributed by atoms with Crippen LogP contribution in [0.1, 0.15) is 50.4 Å². The summed E-state index contributed by atoms with van der Waals surface area (Å²) >= 11 is 0. The molecule has 0 aliphatic carbocycles. The van der Waals surface area contributed by atoms with Crippen molar-refractivity contribution in [2.24, 2.45) is 5.92 Å². The van der Waals surface area contributed by atoms with Gasteiger partial charge in [-0.2, -0.15) is 0 Å². The number of carbonyl (C=O) groups excluding carboxylic acids is 2. The fourth-order valence-corrected chi connectivity index (χ4v) is 4.43. The number of aliphatic hydroxyl groups is 1. The number of hydrogen-bond donors (Lipinski definition) is 1. The SMILES string of the molecule is CCN(CC)CCN1C(=O)C(=O)C(=C(O)c2ccc(OCC(C)C)c(C)c2)[C@H]1c1cccc([N+](=O)[O-])c1. The van der Waals surface area contributed by atoms with Crippen LogP contribution in [0.2, 0.25) is 0 Å². The number of aryl methyl sites for hydroxylation is 1. The van der Waals surface area contributed by atoms with Crippen LogP contribution in [0.5, 0.6) is 5.75 Å². The normalized spacial score (nSPS) is 17.2. The number of nitrogens with zero attached hydrogens (tertiary/aromatic N) is 3. The standard InChI is InChI=1S/C28H35N3O6/c1-6-29(7-2)13-14-30-25(20-9-8-10-22(16-20)31(35)36)24(27(33)28(30)34)26(32)21-11-12-23(19(5)15-21)37-17-18(3)4/h8-12,15-16,18,25,32H,6-7,13-14,17H2,1-5H3/t25-/m1/s1. The van der Waals surface area contributed by atoms with Gasteiger partial charge in [0.2, 0.25) is 0 Å². The van der Waals surface area contributed by atoms with E-state index in [9.17, 15) is 24.8 Å². The number of likely N-dealkylation sites (N-methyl/N-ethyl adjacent to an activating group) is 1. The van der Waals surface area contributed by atoms with Crippen LogP contribution in [0.25, 0.3) is 5.76 Å². The maximum Gasteiger partial charge on any atom is 0.295 e. The number of amides is 1. The third-order valence-electron chi connectivity index (χ3n) is 6.51. The number of nitro groups is 1. The summed E-state index contributed by atoms with van der Waals surface area (Å²) < 4.78 is 5.82. The molecule has 1 aliphatic heterocycles. The van der Waals surface area contributed by atoms with Gasteiger partial charge in [0.25, 0.3) is 17.4 Å². The second kappa shape index (κ2) is 12.0. The summed E-state index contributed by atoms with van der Waals surface area (Å²) in [5, 5.41) is 22.8. The molecular formula is C28H35N3O6. The van der Waals surface area contributed by atoms with Crippen molar-refractivity contribution in [1.29, 1.82) is 0 Å². The molecule has 1 saturated heterocycles. The molecule has 9 heteroatoms. The Hall–Kier alpha value is -3.72. The van der Waals surface area contributed by atoms with E-state index in [0.29, 0.717) is 35.9 Å². The highest BCUT2D eigenvalue weighted by Gasteiger charge is 2.46. The number of carbonyl (C=O) groups is 2. The number of ether oxygens (including phenoxy) is 1. The Labute approximate surface area is 217 Å². The van der Waals surface area contributed by atoms with Gasteiger partial charge < -0.3 is 19.6 Å². The van der Waals surface area contributed by atoms with Gasteiger partial charge in [0.1, 0.15) is 11.5 Å². The Bertz CT molecular complexity index is 1200. The van der Waals surface area contributed by atoms with Crippen LogP contribution in [-0.4, -0.2) is 64.3 Å². The lowest BCUT2D eigenvalue weighted by Gasteiger charge is -2.28. The molecule has 2 aromatic carbocycles. The number of ketones is 1. The van der Waals surface area contributed by atoms with E-state index in [4.69, 9.17) is 4.74 Å². The first-order chi connectivity index (χ1) is 17.6. The van der Waals surface area contributed by atoms with Crippen LogP contribution in [0.15, 0.2) is 48.0 Å². The van der Waals surface area contributed by atoms with Gasteiger partial charge in [-0.05, 0) is 55.3 Å². The summed E-state index contributed by atoms with van der Waals surface area (Å²) in [4.78, 5) is 40.9. The number of hydrogen-bond acceptors (Lipinski definition) is 7. The van der Waals surface area contributed by atoms with Crippen molar-refractivity contribution in [2.75, 3.05) is 32.8 Å². The highest BCUT2D eigenvalue weighted by molar-refractivity contribution is 6.46. The first-order valence-corrected chi connectivity index (χ1v) is 12.6. The Morgan fingerprint density at radius 2 is 1.86 bits per heavy atom. The van der Waals surface area contributed by atoms with Crippen molar-refractivity contribution in [1.82, 2.24) is 9.80 Å². The number of benzene rings is 2. The van der Waals surface area contributed by atoms with Gasteiger partial charge in [0.05, 0.1) is 23.1 Å². The molecule has 1 N–H and O–H groups in total. The maximum atomic E-state index is 13.3. The zero-order valence-electron chi connectivity index (χ0n) is 22.1. The van der Waals surface area contributed by atoms with Gasteiger partial charge in [-0.15, -0.1) is 0 Å². The molecular weight excluding hydrogens is 474 g/mol. The van der Waals surface area contributed by atoms with Crippen LogP contribution in [0, 0.1) is 23.0 Å². The van der Waals surface area contributed by atoms with Gasteiger partial charge in [0.15, 0.2) is 0 Å². The lowest BCUT2D eigenvalue weighted by molar-refractivity contribution is -0.384. The molecule has 0 aromatic heterocycles. The predicted molar refractivity (Wildman–Crippen MR) is 141 cm³/mol. The Balaban J connectivity index is 2.10. The zero-order chi connectivity index (χ0) is 27.3. The van der Waals surface area contributed by atoms with Crippen molar-refractivity contribution >= 4 is 23.1 Å². The number of likely N-dealkylation sites (tertiary alicyclic amines) is 1. The molecule has 0 bridgehead atoms. The third kappa shape index (κ3) is 6.17. The Morgan fingerprint density at radius 3 is 2.46 bits per heavy atom. The molecule has 1 amide bonds. The third-order valence-corrected chi connectivity index (χ3v) is 6.51. The van der Waals surface area contributed by atoms with Crippen LogP contribution < -0.4 is 4.74 Å². The van der Waals surface area contributed by atoms with Gasteiger partial charge in [-0.1, -0.05) is 39.8 Å². The van der Waals surface area contributed by atoms with Crippen LogP contribution in [-0.2, 0) is 9.59 Å². The molecule has 9 nitrogen and oxygen atoms in total. The number of non-ortho nitro benzene ring substituents is 1. The number of rotatable bonds is 11. The van der Waals surface area contributed by atoms with E-state index in [1.807, 2.05) is 34.6 Å². The molecule has 3 rings (SSSR count). The summed E-state index contributed by atoms with van der Waals surface area (Å²) in [6.07, 6.45) is 0. The fourth-order valence-electron chi connectivity index (χ4n) is 4.43. The van der Waals surface area contributed by atoms with E-state index >= 15 is 0 Å². The van der Waals surface area contributed by atoms with E-state index in [-0.39, 0.29) is 23.6 Å². The molecule has 0 unspecified atom stereocenters. The van der Waals surface area contributed by atoms with Crippen molar-refractivity contribution in [3.05, 3.63) is 74.8 Å². The van der Waals surface area contributed by atoms with Crippen molar-refractivity contribution in [2.45, 2.75) is 40.7 Å². The smallest absolute Gasteiger partial charge is 0.295 e. The average molecular weight is 510 g/mol. The summed E-state index contributed by atoms with van der Waals surface area (Å²) in [6, 6.07) is 9.98. The van der Waals surface area contributed by atoms with Gasteiger partial charge in [-0.3, -0.25) is 19.7 Å². The molecule has 0 radical (unpaired) electrons. The highest BCUT2D eigenvalue weighted by atomic mass is 16.6. The zero-order valence-corrected chi connectivity index (χ0v) is 22.1. The van der Waals surface area contributed by atoms with Crippen molar-refractivity contribution in [3.8, 4) is 5.75 Å². The van der Waals surface area contributed by atoms with Gasteiger partial charge in [0, 0.05) is 30.8 Å². The van der Waals surface area contributed by atoms with E-state index in [2.05, 4.69) is 4.90 Å². The van der Waals surface area contributed by atoms with E-state index in [1.54, 1.807) is 24.3 Å².